The van der Waals surface area contributed by atoms with Gasteiger partial charge in [-0.05, 0) is 24.3 Å². The summed E-state index contributed by atoms with van der Waals surface area (Å²) in [6.07, 6.45) is 0. The van der Waals surface area contributed by atoms with E-state index in [2.05, 4.69) is 6.07 Å². The minimum Gasteiger partial charge on any atom is -0.394 e. The molecule has 4 heteroatoms. The van der Waals surface area contributed by atoms with Gasteiger partial charge in [-0.2, -0.15) is 5.26 Å². The summed E-state index contributed by atoms with van der Waals surface area (Å²) in [5, 5.41) is 17.2. The molecule has 0 heterocycles. The Hall–Kier alpha value is -1.57. The van der Waals surface area contributed by atoms with Crippen LogP contribution in [0, 0.1) is 11.3 Å². The zero-order valence-corrected chi connectivity index (χ0v) is 9.39. The molecule has 0 aliphatic carbocycles. The summed E-state index contributed by atoms with van der Waals surface area (Å²) in [7, 11) is 1.96. The highest BCUT2D eigenvalue weighted by molar-refractivity contribution is 5.48. The van der Waals surface area contributed by atoms with E-state index < -0.39 is 0 Å². The molecule has 0 spiro atoms. The number of hydrogen-bond acceptors (Lipinski definition) is 4. The molecule has 0 aliphatic heterocycles. The molecule has 0 aliphatic rings. The van der Waals surface area contributed by atoms with Crippen LogP contribution in [0.2, 0.25) is 0 Å². The second-order valence-corrected chi connectivity index (χ2v) is 3.42. The molecule has 0 saturated heterocycles. The third-order valence-corrected chi connectivity index (χ3v) is 2.24. The second kappa shape index (κ2) is 6.83. The predicted octanol–water partition coefficient (Wildman–Crippen LogP) is 1.00. The summed E-state index contributed by atoms with van der Waals surface area (Å²) >= 11 is 0. The summed E-state index contributed by atoms with van der Waals surface area (Å²) in [5.74, 6) is 0. The van der Waals surface area contributed by atoms with Gasteiger partial charge in [0.05, 0.1) is 31.5 Å². The topological polar surface area (TPSA) is 56.5 Å². The Bertz CT molecular complexity index is 343. The average molecular weight is 220 g/mol. The zero-order chi connectivity index (χ0) is 11.8. The predicted molar refractivity (Wildman–Crippen MR) is 62.3 cm³/mol. The van der Waals surface area contributed by atoms with Gasteiger partial charge in [0.15, 0.2) is 0 Å². The number of benzene rings is 1. The Morgan fingerprint density at radius 1 is 1.31 bits per heavy atom. The van der Waals surface area contributed by atoms with E-state index in [1.807, 2.05) is 24.1 Å². The lowest BCUT2D eigenvalue weighted by molar-refractivity contribution is 0.0971. The van der Waals surface area contributed by atoms with Crippen molar-refractivity contribution in [2.24, 2.45) is 0 Å². The van der Waals surface area contributed by atoms with Gasteiger partial charge in [-0.1, -0.05) is 0 Å². The number of aliphatic hydroxyl groups is 1. The second-order valence-electron chi connectivity index (χ2n) is 3.42. The highest BCUT2D eigenvalue weighted by Gasteiger charge is 2.00. The molecule has 1 aromatic carbocycles. The molecule has 86 valence electrons. The van der Waals surface area contributed by atoms with Crippen LogP contribution < -0.4 is 4.90 Å². The van der Waals surface area contributed by atoms with E-state index in [0.717, 1.165) is 12.2 Å². The minimum atomic E-state index is 0.0561. The summed E-state index contributed by atoms with van der Waals surface area (Å²) < 4.78 is 5.18. The normalized spacial score (nSPS) is 9.81. The Morgan fingerprint density at radius 3 is 2.56 bits per heavy atom. The molecule has 16 heavy (non-hydrogen) atoms. The lowest BCUT2D eigenvalue weighted by Gasteiger charge is -2.19. The fraction of sp³-hybridized carbons (Fsp3) is 0.417. The third kappa shape index (κ3) is 3.89. The third-order valence-electron chi connectivity index (χ3n) is 2.24. The first-order valence-electron chi connectivity index (χ1n) is 5.18. The van der Waals surface area contributed by atoms with Crippen molar-refractivity contribution in [1.29, 1.82) is 5.26 Å². The van der Waals surface area contributed by atoms with Crippen molar-refractivity contribution in [1.82, 2.24) is 0 Å². The van der Waals surface area contributed by atoms with Crippen LogP contribution in [-0.4, -0.2) is 38.5 Å². The lowest BCUT2D eigenvalue weighted by atomic mass is 10.2. The number of nitriles is 1. The molecule has 0 saturated carbocycles. The number of ether oxygens (including phenoxy) is 1. The first-order valence-corrected chi connectivity index (χ1v) is 5.18. The Balaban J connectivity index is 2.40. The molecule has 1 aromatic rings. The standard InChI is InChI=1S/C12H16N2O2/c1-14(6-8-16-9-7-15)12-4-2-11(10-13)3-5-12/h2-5,15H,6-9H2,1H3. The van der Waals surface area contributed by atoms with Crippen LogP contribution in [0.3, 0.4) is 0 Å². The van der Waals surface area contributed by atoms with Crippen molar-refractivity contribution in [3.8, 4) is 6.07 Å². The fourth-order valence-electron chi connectivity index (χ4n) is 1.29. The molecule has 0 fully saturated rings. The quantitative estimate of drug-likeness (QED) is 0.727. The lowest BCUT2D eigenvalue weighted by Crippen LogP contribution is -2.23. The Morgan fingerprint density at radius 2 is 2.00 bits per heavy atom. The van der Waals surface area contributed by atoms with E-state index in [0.29, 0.717) is 18.8 Å². The fourth-order valence-corrected chi connectivity index (χ4v) is 1.29. The Kier molecular flexibility index (Phi) is 5.34. The molecule has 1 rings (SSSR count). The molecular weight excluding hydrogens is 204 g/mol. The summed E-state index contributed by atoms with van der Waals surface area (Å²) in [6.45, 7) is 1.77. The van der Waals surface area contributed by atoms with Gasteiger partial charge >= 0.3 is 0 Å². The maximum Gasteiger partial charge on any atom is 0.0991 e. The molecule has 0 atom stereocenters. The van der Waals surface area contributed by atoms with Crippen LogP contribution in [0.1, 0.15) is 5.56 Å². The van der Waals surface area contributed by atoms with Gasteiger partial charge in [0.1, 0.15) is 0 Å². The van der Waals surface area contributed by atoms with Gasteiger partial charge in [-0.15, -0.1) is 0 Å². The minimum absolute atomic E-state index is 0.0561. The van der Waals surface area contributed by atoms with Gasteiger partial charge in [0.25, 0.3) is 0 Å². The van der Waals surface area contributed by atoms with E-state index >= 15 is 0 Å². The summed E-state index contributed by atoms with van der Waals surface area (Å²) in [5.41, 5.74) is 1.71. The molecule has 0 bridgehead atoms. The van der Waals surface area contributed by atoms with Crippen molar-refractivity contribution >= 4 is 5.69 Å². The zero-order valence-electron chi connectivity index (χ0n) is 9.39. The molecule has 4 nitrogen and oxygen atoms in total. The number of hydrogen-bond donors (Lipinski definition) is 1. The molecule has 1 N–H and O–H groups in total. The van der Waals surface area contributed by atoms with Crippen LogP contribution in [-0.2, 0) is 4.74 Å². The Labute approximate surface area is 95.7 Å². The van der Waals surface area contributed by atoms with E-state index in [1.165, 1.54) is 0 Å². The van der Waals surface area contributed by atoms with Gasteiger partial charge in [-0.3, -0.25) is 0 Å². The van der Waals surface area contributed by atoms with E-state index in [9.17, 15) is 0 Å². The molecule has 0 amide bonds. The van der Waals surface area contributed by atoms with Crippen molar-refractivity contribution in [3.05, 3.63) is 29.8 Å². The number of rotatable bonds is 6. The molecule has 0 aromatic heterocycles. The first-order chi connectivity index (χ1) is 7.77. The largest absolute Gasteiger partial charge is 0.394 e. The van der Waals surface area contributed by atoms with Gasteiger partial charge in [0.2, 0.25) is 0 Å². The van der Waals surface area contributed by atoms with Crippen LogP contribution in [0.4, 0.5) is 5.69 Å². The number of likely N-dealkylation sites (N-methyl/N-ethyl adjacent to an activating group) is 1. The number of anilines is 1. The highest BCUT2D eigenvalue weighted by Crippen LogP contribution is 2.12. The van der Waals surface area contributed by atoms with Gasteiger partial charge < -0.3 is 14.7 Å². The van der Waals surface area contributed by atoms with Crippen molar-refractivity contribution in [2.45, 2.75) is 0 Å². The van der Waals surface area contributed by atoms with E-state index in [1.54, 1.807) is 12.1 Å². The van der Waals surface area contributed by atoms with Crippen molar-refractivity contribution in [2.75, 3.05) is 38.3 Å². The van der Waals surface area contributed by atoms with Crippen molar-refractivity contribution in [3.63, 3.8) is 0 Å². The highest BCUT2D eigenvalue weighted by atomic mass is 16.5. The van der Waals surface area contributed by atoms with E-state index in [4.69, 9.17) is 15.1 Å². The smallest absolute Gasteiger partial charge is 0.0991 e. The SMILES string of the molecule is CN(CCOCCO)c1ccc(C#N)cc1. The van der Waals surface area contributed by atoms with Gasteiger partial charge in [-0.25, -0.2) is 0 Å². The van der Waals surface area contributed by atoms with Crippen LogP contribution in [0.5, 0.6) is 0 Å². The maximum atomic E-state index is 8.66. The number of aliphatic hydroxyl groups excluding tert-OH is 1. The van der Waals surface area contributed by atoms with Crippen LogP contribution in [0.25, 0.3) is 0 Å². The number of nitrogens with zero attached hydrogens (tertiary/aromatic N) is 2. The van der Waals surface area contributed by atoms with Crippen LogP contribution in [0.15, 0.2) is 24.3 Å². The maximum absolute atomic E-state index is 8.66. The monoisotopic (exact) mass is 220 g/mol. The van der Waals surface area contributed by atoms with Crippen molar-refractivity contribution < 1.29 is 9.84 Å². The van der Waals surface area contributed by atoms with E-state index in [-0.39, 0.29) is 6.61 Å². The molecule has 0 radical (unpaired) electrons. The summed E-state index contributed by atoms with van der Waals surface area (Å²) in [4.78, 5) is 2.04. The summed E-state index contributed by atoms with van der Waals surface area (Å²) in [6, 6.07) is 9.48. The van der Waals surface area contributed by atoms with Gasteiger partial charge in [0, 0.05) is 19.3 Å². The van der Waals surface area contributed by atoms with Crippen LogP contribution >= 0.6 is 0 Å². The first kappa shape index (κ1) is 12.5. The molecule has 0 unspecified atom stereocenters. The molecular formula is C12H16N2O2. The average Bonchev–Trinajstić information content (AvgIpc) is 2.34.